The summed E-state index contributed by atoms with van der Waals surface area (Å²) in [6.07, 6.45) is 4.41. The van der Waals surface area contributed by atoms with Crippen LogP contribution >= 0.6 is 0 Å². The summed E-state index contributed by atoms with van der Waals surface area (Å²) in [4.78, 5) is 16.4. The van der Waals surface area contributed by atoms with E-state index in [0.717, 1.165) is 25.7 Å². The van der Waals surface area contributed by atoms with E-state index in [1.807, 2.05) is 20.8 Å². The Labute approximate surface area is 143 Å². The van der Waals surface area contributed by atoms with Gasteiger partial charge in [0, 0.05) is 18.3 Å². The van der Waals surface area contributed by atoms with Gasteiger partial charge in [0.25, 0.3) is 5.91 Å². The van der Waals surface area contributed by atoms with Gasteiger partial charge < -0.3 is 19.9 Å². The van der Waals surface area contributed by atoms with Gasteiger partial charge in [0.15, 0.2) is 0 Å². The number of hydrogen-bond donors (Lipinski definition) is 2. The third kappa shape index (κ3) is 6.45. The predicted molar refractivity (Wildman–Crippen MR) is 91.2 cm³/mol. The molecule has 0 bridgehead atoms. The summed E-state index contributed by atoms with van der Waals surface area (Å²) in [5, 5.41) is 12.5. The van der Waals surface area contributed by atoms with Crippen molar-refractivity contribution in [2.24, 2.45) is 0 Å². The van der Waals surface area contributed by atoms with Crippen molar-refractivity contribution in [3.05, 3.63) is 23.9 Å². The van der Waals surface area contributed by atoms with Crippen molar-refractivity contribution in [3.63, 3.8) is 0 Å². The maximum Gasteiger partial charge on any atom is 0.253 e. The molecule has 2 N–H and O–H groups in total. The van der Waals surface area contributed by atoms with Gasteiger partial charge in [-0.05, 0) is 52.5 Å². The number of aliphatic hydroxyl groups is 1. The highest BCUT2D eigenvalue weighted by atomic mass is 16.5. The van der Waals surface area contributed by atoms with Crippen LogP contribution in [-0.4, -0.2) is 47.0 Å². The van der Waals surface area contributed by atoms with E-state index >= 15 is 0 Å². The molecule has 0 aliphatic heterocycles. The Balaban J connectivity index is 1.75. The fourth-order valence-corrected chi connectivity index (χ4v) is 2.58. The summed E-state index contributed by atoms with van der Waals surface area (Å²) < 4.78 is 11.1. The van der Waals surface area contributed by atoms with Crippen LogP contribution in [0.25, 0.3) is 0 Å². The van der Waals surface area contributed by atoms with Gasteiger partial charge >= 0.3 is 0 Å². The Hall–Kier alpha value is -1.66. The lowest BCUT2D eigenvalue weighted by atomic mass is 9.93. The molecule has 0 spiro atoms. The summed E-state index contributed by atoms with van der Waals surface area (Å²) in [6.45, 7) is 6.88. The van der Waals surface area contributed by atoms with Crippen molar-refractivity contribution in [2.75, 3.05) is 13.2 Å². The molecule has 6 heteroatoms. The zero-order valence-corrected chi connectivity index (χ0v) is 14.7. The van der Waals surface area contributed by atoms with E-state index in [9.17, 15) is 9.90 Å². The SMILES string of the molecule is CC(C)(C)OCCOc1ccc(C(=O)NC2CCC(O)CC2)cn1. The third-order valence-corrected chi connectivity index (χ3v) is 3.90. The van der Waals surface area contributed by atoms with Crippen molar-refractivity contribution in [3.8, 4) is 5.88 Å². The number of aliphatic hydroxyl groups excluding tert-OH is 1. The number of hydrogen-bond acceptors (Lipinski definition) is 5. The molecule has 1 saturated carbocycles. The van der Waals surface area contributed by atoms with Crippen LogP contribution in [0, 0.1) is 0 Å². The molecule has 1 aliphatic carbocycles. The second-order valence-electron chi connectivity index (χ2n) is 7.17. The van der Waals surface area contributed by atoms with Crippen LogP contribution in [0.1, 0.15) is 56.8 Å². The molecule has 1 fully saturated rings. The van der Waals surface area contributed by atoms with Crippen molar-refractivity contribution in [2.45, 2.75) is 64.2 Å². The molecule has 1 heterocycles. The second kappa shape index (κ2) is 8.44. The molecule has 134 valence electrons. The van der Waals surface area contributed by atoms with Crippen LogP contribution in [0.2, 0.25) is 0 Å². The molecule has 0 radical (unpaired) electrons. The molecule has 0 unspecified atom stereocenters. The van der Waals surface area contributed by atoms with E-state index < -0.39 is 0 Å². The molecule has 0 saturated heterocycles. The lowest BCUT2D eigenvalue weighted by molar-refractivity contribution is -0.0168. The first-order valence-corrected chi connectivity index (χ1v) is 8.55. The van der Waals surface area contributed by atoms with E-state index in [2.05, 4.69) is 10.3 Å². The first-order chi connectivity index (χ1) is 11.3. The number of rotatable bonds is 6. The number of amides is 1. The number of carbonyl (C=O) groups is 1. The summed E-state index contributed by atoms with van der Waals surface area (Å²) in [7, 11) is 0. The average molecular weight is 336 g/mol. The summed E-state index contributed by atoms with van der Waals surface area (Å²) in [5.41, 5.74) is 0.327. The minimum absolute atomic E-state index is 0.131. The molecule has 24 heavy (non-hydrogen) atoms. The molecular weight excluding hydrogens is 308 g/mol. The Morgan fingerprint density at radius 3 is 2.54 bits per heavy atom. The Morgan fingerprint density at radius 1 is 1.25 bits per heavy atom. The standard InChI is InChI=1S/C18H28N2O4/c1-18(2,3)24-11-10-23-16-9-4-13(12-19-16)17(22)20-14-5-7-15(21)8-6-14/h4,9,12,14-15,21H,5-8,10-11H2,1-3H3,(H,20,22). The first kappa shape index (κ1) is 18.7. The first-order valence-electron chi connectivity index (χ1n) is 8.55. The third-order valence-electron chi connectivity index (χ3n) is 3.90. The second-order valence-corrected chi connectivity index (χ2v) is 7.17. The van der Waals surface area contributed by atoms with Gasteiger partial charge in [-0.1, -0.05) is 0 Å². The lowest BCUT2D eigenvalue weighted by Crippen LogP contribution is -2.38. The van der Waals surface area contributed by atoms with Crippen LogP contribution in [0.4, 0.5) is 0 Å². The molecule has 2 rings (SSSR count). The topological polar surface area (TPSA) is 80.7 Å². The van der Waals surface area contributed by atoms with E-state index in [-0.39, 0.29) is 23.7 Å². The van der Waals surface area contributed by atoms with Crippen molar-refractivity contribution in [1.82, 2.24) is 10.3 Å². The fraction of sp³-hybridized carbons (Fsp3) is 0.667. The average Bonchev–Trinajstić information content (AvgIpc) is 2.53. The van der Waals surface area contributed by atoms with Gasteiger partial charge in [0.2, 0.25) is 5.88 Å². The fourth-order valence-electron chi connectivity index (χ4n) is 2.58. The molecule has 1 aromatic rings. The molecule has 1 aromatic heterocycles. The monoisotopic (exact) mass is 336 g/mol. The zero-order chi connectivity index (χ0) is 17.6. The van der Waals surface area contributed by atoms with Gasteiger partial charge in [-0.2, -0.15) is 0 Å². The molecule has 1 aliphatic rings. The van der Waals surface area contributed by atoms with E-state index in [0.29, 0.717) is 24.7 Å². The maximum absolute atomic E-state index is 12.2. The van der Waals surface area contributed by atoms with Gasteiger partial charge in [-0.25, -0.2) is 4.98 Å². The minimum Gasteiger partial charge on any atom is -0.475 e. The van der Waals surface area contributed by atoms with E-state index in [1.54, 1.807) is 12.1 Å². The van der Waals surface area contributed by atoms with Gasteiger partial charge in [-0.15, -0.1) is 0 Å². The van der Waals surface area contributed by atoms with Crippen LogP contribution in [0.5, 0.6) is 5.88 Å². The van der Waals surface area contributed by atoms with Crippen LogP contribution in [-0.2, 0) is 4.74 Å². The minimum atomic E-state index is -0.224. The number of nitrogens with one attached hydrogen (secondary N) is 1. The summed E-state index contributed by atoms with van der Waals surface area (Å²) in [6, 6.07) is 3.53. The normalized spacial score (nSPS) is 21.3. The summed E-state index contributed by atoms with van der Waals surface area (Å²) in [5.74, 6) is 0.344. The molecule has 0 atom stereocenters. The molecule has 6 nitrogen and oxygen atoms in total. The van der Waals surface area contributed by atoms with Crippen molar-refractivity contribution >= 4 is 5.91 Å². The number of nitrogens with zero attached hydrogens (tertiary/aromatic N) is 1. The number of aromatic nitrogens is 1. The summed E-state index contributed by atoms with van der Waals surface area (Å²) >= 11 is 0. The Morgan fingerprint density at radius 2 is 1.96 bits per heavy atom. The largest absolute Gasteiger partial charge is 0.475 e. The van der Waals surface area contributed by atoms with Crippen LogP contribution < -0.4 is 10.1 Å². The van der Waals surface area contributed by atoms with Crippen LogP contribution in [0.3, 0.4) is 0 Å². The van der Waals surface area contributed by atoms with Gasteiger partial charge in [-0.3, -0.25) is 4.79 Å². The quantitative estimate of drug-likeness (QED) is 0.779. The predicted octanol–water partition coefficient (Wildman–Crippen LogP) is 2.31. The zero-order valence-electron chi connectivity index (χ0n) is 14.7. The highest BCUT2D eigenvalue weighted by molar-refractivity contribution is 5.94. The number of carbonyl (C=O) groups excluding carboxylic acids is 1. The van der Waals surface area contributed by atoms with E-state index in [1.165, 1.54) is 6.20 Å². The highest BCUT2D eigenvalue weighted by Crippen LogP contribution is 2.19. The Bertz CT molecular complexity index is 517. The van der Waals surface area contributed by atoms with Crippen molar-refractivity contribution in [1.29, 1.82) is 0 Å². The number of pyridine rings is 1. The molecule has 0 aromatic carbocycles. The lowest BCUT2D eigenvalue weighted by Gasteiger charge is -2.26. The van der Waals surface area contributed by atoms with Crippen LogP contribution in [0.15, 0.2) is 18.3 Å². The maximum atomic E-state index is 12.2. The van der Waals surface area contributed by atoms with Crippen molar-refractivity contribution < 1.29 is 19.4 Å². The molecule has 1 amide bonds. The van der Waals surface area contributed by atoms with Gasteiger partial charge in [0.1, 0.15) is 6.61 Å². The van der Waals surface area contributed by atoms with E-state index in [4.69, 9.17) is 9.47 Å². The van der Waals surface area contributed by atoms with Gasteiger partial charge in [0.05, 0.1) is 23.9 Å². The number of ether oxygens (including phenoxy) is 2. The Kier molecular flexibility index (Phi) is 6.57. The molecular formula is C18H28N2O4. The highest BCUT2D eigenvalue weighted by Gasteiger charge is 2.21. The smallest absolute Gasteiger partial charge is 0.253 e.